The highest BCUT2D eigenvalue weighted by atomic mass is 16.6. The van der Waals surface area contributed by atoms with E-state index in [9.17, 15) is 4.79 Å². The number of amides is 1. The Morgan fingerprint density at radius 3 is 1.65 bits per heavy atom. The van der Waals surface area contributed by atoms with Crippen molar-refractivity contribution in [3.05, 3.63) is 0 Å². The van der Waals surface area contributed by atoms with E-state index >= 15 is 0 Å². The number of nitrogens with zero attached hydrogens (tertiary/aromatic N) is 1. The van der Waals surface area contributed by atoms with Crippen molar-refractivity contribution < 1.29 is 9.63 Å². The average molecular weight is 479 g/mol. The summed E-state index contributed by atoms with van der Waals surface area (Å²) in [5.74, 6) is 0.192. The van der Waals surface area contributed by atoms with Gasteiger partial charge in [0.15, 0.2) is 0 Å². The molecule has 1 N–H and O–H groups in total. The number of hydrogen-bond acceptors (Lipinski definition) is 3. The first kappa shape index (κ1) is 31.0. The minimum atomic E-state index is 0.192. The third-order valence-electron chi connectivity index (χ3n) is 7.14. The van der Waals surface area contributed by atoms with Crippen molar-refractivity contribution in [1.82, 2.24) is 5.32 Å². The SMILES string of the molecule is CCCCCCCCCCCCCCCCO/N=C1\CCCCCCCCCCC(=O)NCC1. The van der Waals surface area contributed by atoms with Crippen molar-refractivity contribution in [2.45, 2.75) is 167 Å². The predicted molar refractivity (Wildman–Crippen MR) is 147 cm³/mol. The zero-order chi connectivity index (χ0) is 24.4. The lowest BCUT2D eigenvalue weighted by atomic mass is 10.0. The van der Waals surface area contributed by atoms with Crippen molar-refractivity contribution in [3.63, 3.8) is 0 Å². The topological polar surface area (TPSA) is 50.7 Å². The summed E-state index contributed by atoms with van der Waals surface area (Å²) in [4.78, 5) is 17.6. The van der Waals surface area contributed by atoms with E-state index in [1.807, 2.05) is 0 Å². The number of nitrogens with one attached hydrogen (secondary N) is 1. The van der Waals surface area contributed by atoms with Crippen LogP contribution in [0.2, 0.25) is 0 Å². The fourth-order valence-corrected chi connectivity index (χ4v) is 4.82. The molecule has 0 aromatic heterocycles. The molecule has 1 amide bonds. The maximum atomic E-state index is 12.0. The molecule has 4 nitrogen and oxygen atoms in total. The Labute approximate surface area is 212 Å². The highest BCUT2D eigenvalue weighted by Gasteiger charge is 2.06. The van der Waals surface area contributed by atoms with E-state index in [1.165, 1.54) is 128 Å². The van der Waals surface area contributed by atoms with Crippen LogP contribution in [0.1, 0.15) is 167 Å². The Morgan fingerprint density at radius 2 is 1.09 bits per heavy atom. The van der Waals surface area contributed by atoms with E-state index in [2.05, 4.69) is 17.4 Å². The highest BCUT2D eigenvalue weighted by Crippen LogP contribution is 2.14. The van der Waals surface area contributed by atoms with E-state index in [0.29, 0.717) is 13.0 Å². The fraction of sp³-hybridized carbons (Fsp3) is 0.933. The summed E-state index contributed by atoms with van der Waals surface area (Å²) >= 11 is 0. The molecule has 1 saturated heterocycles. The van der Waals surface area contributed by atoms with Gasteiger partial charge in [0.05, 0.1) is 5.71 Å². The number of hydrogen-bond donors (Lipinski definition) is 1. The monoisotopic (exact) mass is 478 g/mol. The summed E-state index contributed by atoms with van der Waals surface area (Å²) in [6.07, 6.45) is 31.6. The third kappa shape index (κ3) is 21.5. The van der Waals surface area contributed by atoms with Gasteiger partial charge in [-0.05, 0) is 32.1 Å². The summed E-state index contributed by atoms with van der Waals surface area (Å²) in [7, 11) is 0. The first-order valence-corrected chi connectivity index (χ1v) is 15.3. The Morgan fingerprint density at radius 1 is 0.618 bits per heavy atom. The zero-order valence-electron chi connectivity index (χ0n) is 22.9. The van der Waals surface area contributed by atoms with Crippen molar-refractivity contribution >= 4 is 11.6 Å². The molecule has 0 unspecified atom stereocenters. The van der Waals surface area contributed by atoms with Crippen LogP contribution in [-0.4, -0.2) is 24.8 Å². The summed E-state index contributed by atoms with van der Waals surface area (Å²) in [6.45, 7) is 3.71. The molecular weight excluding hydrogens is 420 g/mol. The van der Waals surface area contributed by atoms with Gasteiger partial charge in [0.2, 0.25) is 5.91 Å². The lowest BCUT2D eigenvalue weighted by Gasteiger charge is -2.08. The van der Waals surface area contributed by atoms with E-state index in [4.69, 9.17) is 4.84 Å². The standard InChI is InChI=1S/C30H58N2O2/c1-2-3-4-5-6-7-8-9-10-11-14-17-20-23-28-34-32-29-24-21-18-15-12-13-16-19-22-25-30(33)31-27-26-29/h2-28H2,1H3,(H,31,33)/b32-29+. The van der Waals surface area contributed by atoms with E-state index < -0.39 is 0 Å². The molecule has 0 aliphatic carbocycles. The van der Waals surface area contributed by atoms with Crippen molar-refractivity contribution in [2.75, 3.05) is 13.2 Å². The van der Waals surface area contributed by atoms with Gasteiger partial charge in [0.25, 0.3) is 0 Å². The van der Waals surface area contributed by atoms with Crippen LogP contribution in [0.3, 0.4) is 0 Å². The zero-order valence-corrected chi connectivity index (χ0v) is 22.9. The van der Waals surface area contributed by atoms with Crippen molar-refractivity contribution in [1.29, 1.82) is 0 Å². The number of rotatable bonds is 16. The largest absolute Gasteiger partial charge is 0.396 e. The van der Waals surface area contributed by atoms with E-state index in [1.54, 1.807) is 0 Å². The Bertz CT molecular complexity index is 478. The lowest BCUT2D eigenvalue weighted by molar-refractivity contribution is -0.121. The van der Waals surface area contributed by atoms with Crippen LogP contribution in [0, 0.1) is 0 Å². The molecule has 1 aliphatic rings. The van der Waals surface area contributed by atoms with Crippen molar-refractivity contribution in [3.8, 4) is 0 Å². The van der Waals surface area contributed by atoms with Crippen LogP contribution in [0.25, 0.3) is 0 Å². The molecule has 1 rings (SSSR count). The van der Waals surface area contributed by atoms with E-state index in [-0.39, 0.29) is 5.91 Å². The first-order chi connectivity index (χ1) is 16.8. The summed E-state index contributed by atoms with van der Waals surface area (Å²) in [5, 5.41) is 7.52. The minimum absolute atomic E-state index is 0.192. The van der Waals surface area contributed by atoms with Gasteiger partial charge in [-0.25, -0.2) is 0 Å². The molecule has 200 valence electrons. The molecule has 0 saturated carbocycles. The molecule has 0 spiro atoms. The van der Waals surface area contributed by atoms with Crippen LogP contribution >= 0.6 is 0 Å². The Hall–Kier alpha value is -1.06. The van der Waals surface area contributed by atoms with E-state index in [0.717, 1.165) is 38.0 Å². The number of carbonyl (C=O) groups is 1. The van der Waals surface area contributed by atoms with Gasteiger partial charge >= 0.3 is 0 Å². The number of carbonyl (C=O) groups excluding carboxylic acids is 1. The Balaban J connectivity index is 2.03. The fourth-order valence-electron chi connectivity index (χ4n) is 4.82. The molecule has 4 heteroatoms. The number of unbranched alkanes of at least 4 members (excludes halogenated alkanes) is 13. The maximum absolute atomic E-state index is 12.0. The van der Waals surface area contributed by atoms with Crippen LogP contribution in [0.15, 0.2) is 5.16 Å². The second kappa shape index (κ2) is 25.0. The molecular formula is C30H58N2O2. The smallest absolute Gasteiger partial charge is 0.220 e. The second-order valence-electron chi connectivity index (χ2n) is 10.5. The van der Waals surface area contributed by atoms with Crippen LogP contribution in [-0.2, 0) is 9.63 Å². The molecule has 0 aromatic carbocycles. The van der Waals surface area contributed by atoms with Gasteiger partial charge in [-0.15, -0.1) is 0 Å². The third-order valence-corrected chi connectivity index (χ3v) is 7.14. The molecule has 0 aromatic rings. The molecule has 0 radical (unpaired) electrons. The molecule has 1 fully saturated rings. The maximum Gasteiger partial charge on any atom is 0.220 e. The number of oxime groups is 1. The van der Waals surface area contributed by atoms with Crippen LogP contribution < -0.4 is 5.32 Å². The molecule has 0 bridgehead atoms. The van der Waals surface area contributed by atoms with Gasteiger partial charge < -0.3 is 10.2 Å². The van der Waals surface area contributed by atoms with Gasteiger partial charge in [-0.3, -0.25) is 4.79 Å². The minimum Gasteiger partial charge on any atom is -0.396 e. The summed E-state index contributed by atoms with van der Waals surface area (Å²) in [6, 6.07) is 0. The average Bonchev–Trinajstić information content (AvgIpc) is 2.84. The van der Waals surface area contributed by atoms with Gasteiger partial charge in [0.1, 0.15) is 6.61 Å². The van der Waals surface area contributed by atoms with Crippen molar-refractivity contribution in [2.24, 2.45) is 5.16 Å². The quantitative estimate of drug-likeness (QED) is 0.177. The normalized spacial score (nSPS) is 18.3. The first-order valence-electron chi connectivity index (χ1n) is 15.3. The lowest BCUT2D eigenvalue weighted by Crippen LogP contribution is -2.25. The Kier molecular flexibility index (Phi) is 22.8. The molecule has 34 heavy (non-hydrogen) atoms. The van der Waals surface area contributed by atoms with Crippen LogP contribution in [0.4, 0.5) is 0 Å². The van der Waals surface area contributed by atoms with Gasteiger partial charge in [-0.2, -0.15) is 0 Å². The summed E-state index contributed by atoms with van der Waals surface area (Å²) in [5.41, 5.74) is 1.13. The predicted octanol–water partition coefficient (Wildman–Crippen LogP) is 9.26. The van der Waals surface area contributed by atoms with Gasteiger partial charge in [-0.1, -0.05) is 128 Å². The highest BCUT2D eigenvalue weighted by molar-refractivity contribution is 5.84. The van der Waals surface area contributed by atoms with Gasteiger partial charge in [0, 0.05) is 19.4 Å². The molecule has 0 atom stereocenters. The van der Waals surface area contributed by atoms with Crippen LogP contribution in [0.5, 0.6) is 0 Å². The second-order valence-corrected chi connectivity index (χ2v) is 10.5. The molecule has 1 aliphatic heterocycles. The molecule has 1 heterocycles. The summed E-state index contributed by atoms with van der Waals surface area (Å²) < 4.78 is 0.